The summed E-state index contributed by atoms with van der Waals surface area (Å²) in [5.41, 5.74) is 0. The van der Waals surface area contributed by atoms with E-state index in [0.717, 1.165) is 6.42 Å². The van der Waals surface area contributed by atoms with Crippen molar-refractivity contribution in [1.82, 2.24) is 19.5 Å². The number of imidazole rings is 1. The van der Waals surface area contributed by atoms with Gasteiger partial charge in [-0.15, -0.1) is 0 Å². The zero-order valence-electron chi connectivity index (χ0n) is 12.6. The molecule has 0 aromatic carbocycles. The fourth-order valence-electron chi connectivity index (χ4n) is 2.97. The van der Waals surface area contributed by atoms with E-state index in [-0.39, 0.29) is 5.91 Å². The molecule has 22 heavy (non-hydrogen) atoms. The van der Waals surface area contributed by atoms with Crippen LogP contribution in [-0.4, -0.2) is 25.4 Å². The highest BCUT2D eigenvalue weighted by Crippen LogP contribution is 2.27. The van der Waals surface area contributed by atoms with Gasteiger partial charge in [-0.25, -0.2) is 15.0 Å². The molecule has 1 aliphatic carbocycles. The predicted octanol–water partition coefficient (Wildman–Crippen LogP) is 2.96. The third-order valence-corrected chi connectivity index (χ3v) is 4.19. The second-order valence-electron chi connectivity index (χ2n) is 5.82. The maximum Gasteiger partial charge on any atom is 0.225 e. The van der Waals surface area contributed by atoms with Gasteiger partial charge in [0.1, 0.15) is 24.3 Å². The van der Waals surface area contributed by atoms with Crippen molar-refractivity contribution in [2.24, 2.45) is 5.92 Å². The lowest BCUT2D eigenvalue weighted by molar-refractivity contribution is -0.116. The third kappa shape index (κ3) is 3.90. The summed E-state index contributed by atoms with van der Waals surface area (Å²) in [6.07, 6.45) is 14.7. The smallest absolute Gasteiger partial charge is 0.225 e. The Morgan fingerprint density at radius 2 is 2.14 bits per heavy atom. The number of nitrogens with zero attached hydrogens (tertiary/aromatic N) is 4. The van der Waals surface area contributed by atoms with Crippen molar-refractivity contribution in [3.8, 4) is 5.82 Å². The Morgan fingerprint density at radius 1 is 1.27 bits per heavy atom. The quantitative estimate of drug-likeness (QED) is 0.921. The third-order valence-electron chi connectivity index (χ3n) is 4.19. The standard InChI is InChI=1S/C16H21N5O/c22-16(7-6-13-4-2-1-3-5-13)20-14-10-15(19-11-18-14)21-9-8-17-12-21/h8-13H,1-7H2,(H,18,19,20,22). The van der Waals surface area contributed by atoms with Gasteiger partial charge in [0, 0.05) is 24.9 Å². The zero-order valence-corrected chi connectivity index (χ0v) is 12.6. The molecule has 2 heterocycles. The molecule has 2 aromatic rings. The van der Waals surface area contributed by atoms with E-state index in [0.29, 0.717) is 24.0 Å². The van der Waals surface area contributed by atoms with Crippen LogP contribution in [0.2, 0.25) is 0 Å². The first kappa shape index (κ1) is 14.7. The fourth-order valence-corrected chi connectivity index (χ4v) is 2.97. The maximum atomic E-state index is 12.1. The average molecular weight is 299 g/mol. The van der Waals surface area contributed by atoms with E-state index in [1.165, 1.54) is 38.4 Å². The van der Waals surface area contributed by atoms with Crippen molar-refractivity contribution < 1.29 is 4.79 Å². The zero-order chi connectivity index (χ0) is 15.2. The van der Waals surface area contributed by atoms with Gasteiger partial charge in [0.05, 0.1) is 0 Å². The molecule has 1 saturated carbocycles. The molecule has 1 amide bonds. The van der Waals surface area contributed by atoms with Crippen LogP contribution in [0.5, 0.6) is 0 Å². The molecule has 2 aromatic heterocycles. The normalized spacial score (nSPS) is 15.6. The number of aromatic nitrogens is 4. The minimum Gasteiger partial charge on any atom is -0.311 e. The van der Waals surface area contributed by atoms with Gasteiger partial charge in [-0.1, -0.05) is 32.1 Å². The lowest BCUT2D eigenvalue weighted by atomic mass is 9.86. The Hall–Kier alpha value is -2.24. The highest BCUT2D eigenvalue weighted by Gasteiger charge is 2.15. The molecule has 1 N–H and O–H groups in total. The van der Waals surface area contributed by atoms with Crippen molar-refractivity contribution in [3.63, 3.8) is 0 Å². The van der Waals surface area contributed by atoms with Crippen molar-refractivity contribution in [2.75, 3.05) is 5.32 Å². The summed E-state index contributed by atoms with van der Waals surface area (Å²) in [6.45, 7) is 0. The van der Waals surface area contributed by atoms with E-state index in [4.69, 9.17) is 0 Å². The number of carbonyl (C=O) groups is 1. The van der Waals surface area contributed by atoms with Gasteiger partial charge >= 0.3 is 0 Å². The molecule has 6 nitrogen and oxygen atoms in total. The molecule has 0 radical (unpaired) electrons. The highest BCUT2D eigenvalue weighted by molar-refractivity contribution is 5.89. The number of anilines is 1. The van der Waals surface area contributed by atoms with E-state index in [1.807, 2.05) is 0 Å². The lowest BCUT2D eigenvalue weighted by Gasteiger charge is -2.20. The number of hydrogen-bond acceptors (Lipinski definition) is 4. The number of amides is 1. The Morgan fingerprint density at radius 3 is 2.91 bits per heavy atom. The van der Waals surface area contributed by atoms with Gasteiger partial charge in [0.15, 0.2) is 0 Å². The van der Waals surface area contributed by atoms with Crippen LogP contribution in [0.1, 0.15) is 44.9 Å². The van der Waals surface area contributed by atoms with Crippen molar-refractivity contribution in [1.29, 1.82) is 0 Å². The van der Waals surface area contributed by atoms with Crippen molar-refractivity contribution >= 4 is 11.7 Å². The number of hydrogen-bond donors (Lipinski definition) is 1. The molecule has 3 rings (SSSR count). The van der Waals surface area contributed by atoms with Crippen molar-refractivity contribution in [3.05, 3.63) is 31.1 Å². The second kappa shape index (κ2) is 7.15. The van der Waals surface area contributed by atoms with E-state index < -0.39 is 0 Å². The average Bonchev–Trinajstić information content (AvgIpc) is 3.09. The van der Waals surface area contributed by atoms with Crippen LogP contribution in [-0.2, 0) is 4.79 Å². The number of nitrogens with one attached hydrogen (secondary N) is 1. The van der Waals surface area contributed by atoms with Crippen molar-refractivity contribution in [2.45, 2.75) is 44.9 Å². The molecule has 0 saturated heterocycles. The van der Waals surface area contributed by atoms with Crippen LogP contribution in [0.25, 0.3) is 5.82 Å². The number of carbonyl (C=O) groups excluding carboxylic acids is 1. The van der Waals surface area contributed by atoms with Crippen LogP contribution in [0.4, 0.5) is 5.82 Å². The molecule has 0 unspecified atom stereocenters. The number of rotatable bonds is 5. The van der Waals surface area contributed by atoms with Gasteiger partial charge in [-0.2, -0.15) is 0 Å². The first-order valence-electron chi connectivity index (χ1n) is 7.91. The molecule has 0 bridgehead atoms. The van der Waals surface area contributed by atoms with E-state index in [1.54, 1.807) is 29.4 Å². The molecule has 6 heteroatoms. The summed E-state index contributed by atoms with van der Waals surface area (Å²) in [6, 6.07) is 1.75. The van der Waals surface area contributed by atoms with Gasteiger partial charge < -0.3 is 5.32 Å². The van der Waals surface area contributed by atoms with E-state index in [2.05, 4.69) is 20.3 Å². The summed E-state index contributed by atoms with van der Waals surface area (Å²) < 4.78 is 1.78. The summed E-state index contributed by atoms with van der Waals surface area (Å²) in [4.78, 5) is 24.3. The minimum atomic E-state index is 0.0286. The summed E-state index contributed by atoms with van der Waals surface area (Å²) in [5.74, 6) is 1.97. The topological polar surface area (TPSA) is 72.7 Å². The Bertz CT molecular complexity index is 605. The van der Waals surface area contributed by atoms with Crippen LogP contribution in [0.15, 0.2) is 31.1 Å². The van der Waals surface area contributed by atoms with Crippen LogP contribution in [0, 0.1) is 5.92 Å². The Labute approximate surface area is 130 Å². The predicted molar refractivity (Wildman–Crippen MR) is 83.6 cm³/mol. The van der Waals surface area contributed by atoms with Gasteiger partial charge in [0.2, 0.25) is 5.91 Å². The van der Waals surface area contributed by atoms with Crippen LogP contribution in [0.3, 0.4) is 0 Å². The van der Waals surface area contributed by atoms with Gasteiger partial charge in [0.25, 0.3) is 0 Å². The first-order valence-corrected chi connectivity index (χ1v) is 7.91. The Balaban J connectivity index is 1.54. The molecule has 0 spiro atoms. The second-order valence-corrected chi connectivity index (χ2v) is 5.82. The molecule has 0 aliphatic heterocycles. The summed E-state index contributed by atoms with van der Waals surface area (Å²) >= 11 is 0. The lowest BCUT2D eigenvalue weighted by Crippen LogP contribution is -2.16. The van der Waals surface area contributed by atoms with Gasteiger partial charge in [-0.05, 0) is 12.3 Å². The monoisotopic (exact) mass is 299 g/mol. The molecule has 116 valence electrons. The highest BCUT2D eigenvalue weighted by atomic mass is 16.1. The van der Waals surface area contributed by atoms with Gasteiger partial charge in [-0.3, -0.25) is 9.36 Å². The summed E-state index contributed by atoms with van der Waals surface area (Å²) in [5, 5.41) is 2.86. The van der Waals surface area contributed by atoms with Crippen LogP contribution < -0.4 is 5.32 Å². The maximum absolute atomic E-state index is 12.1. The Kier molecular flexibility index (Phi) is 4.78. The molecular formula is C16H21N5O. The fraction of sp³-hybridized carbons (Fsp3) is 0.500. The molecule has 0 atom stereocenters. The summed E-state index contributed by atoms with van der Waals surface area (Å²) in [7, 11) is 0. The SMILES string of the molecule is O=C(CCC1CCCCC1)Nc1cc(-n2ccnc2)ncn1. The van der Waals surface area contributed by atoms with Crippen LogP contribution >= 0.6 is 0 Å². The van der Waals surface area contributed by atoms with E-state index >= 15 is 0 Å². The largest absolute Gasteiger partial charge is 0.311 e. The molecular weight excluding hydrogens is 278 g/mol. The molecule has 1 aliphatic rings. The van der Waals surface area contributed by atoms with E-state index in [9.17, 15) is 4.79 Å². The molecule has 1 fully saturated rings. The minimum absolute atomic E-state index is 0.0286. The first-order chi connectivity index (χ1) is 10.8.